The van der Waals surface area contributed by atoms with E-state index in [9.17, 15) is 4.79 Å². The van der Waals surface area contributed by atoms with Gasteiger partial charge in [0.25, 0.3) is 5.91 Å². The lowest BCUT2D eigenvalue weighted by Gasteiger charge is -2.23. The van der Waals surface area contributed by atoms with Gasteiger partial charge in [-0.3, -0.25) is 9.20 Å². The number of amides is 1. The Morgan fingerprint density at radius 1 is 1.22 bits per heavy atom. The van der Waals surface area contributed by atoms with Crippen LogP contribution in [0.3, 0.4) is 0 Å². The number of hydrogen-bond donors (Lipinski definition) is 2. The van der Waals surface area contributed by atoms with E-state index in [2.05, 4.69) is 27.9 Å². The summed E-state index contributed by atoms with van der Waals surface area (Å²) in [7, 11) is 0. The zero-order valence-electron chi connectivity index (χ0n) is 15.1. The van der Waals surface area contributed by atoms with Crippen molar-refractivity contribution in [3.8, 4) is 5.75 Å². The van der Waals surface area contributed by atoms with Crippen molar-refractivity contribution < 1.29 is 9.53 Å². The number of piperidine rings is 1. The van der Waals surface area contributed by atoms with Gasteiger partial charge in [-0.05, 0) is 55.6 Å². The van der Waals surface area contributed by atoms with Crippen molar-refractivity contribution in [2.75, 3.05) is 25.0 Å². The molecule has 2 aromatic heterocycles. The summed E-state index contributed by atoms with van der Waals surface area (Å²) in [5, 5.41) is 6.45. The fourth-order valence-corrected chi connectivity index (χ4v) is 4.09. The van der Waals surface area contributed by atoms with Crippen LogP contribution in [0.4, 0.5) is 5.69 Å². The van der Waals surface area contributed by atoms with E-state index in [1.165, 1.54) is 5.56 Å². The van der Waals surface area contributed by atoms with Gasteiger partial charge in [-0.2, -0.15) is 0 Å². The first-order chi connectivity index (χ1) is 13.3. The number of pyridine rings is 1. The van der Waals surface area contributed by atoms with Crippen molar-refractivity contribution in [2.24, 2.45) is 0 Å². The Balaban J connectivity index is 1.45. The zero-order chi connectivity index (χ0) is 18.2. The minimum Gasteiger partial charge on any atom is -0.493 e. The first-order valence-corrected chi connectivity index (χ1v) is 9.53. The minimum absolute atomic E-state index is 0.148. The number of rotatable bonds is 3. The largest absolute Gasteiger partial charge is 0.493 e. The molecular formula is C21H22N4O2. The lowest BCUT2D eigenvalue weighted by atomic mass is 9.91. The van der Waals surface area contributed by atoms with Gasteiger partial charge in [-0.25, -0.2) is 4.98 Å². The summed E-state index contributed by atoms with van der Waals surface area (Å²) in [6.45, 7) is 2.75. The third-order valence-corrected chi connectivity index (χ3v) is 5.56. The Labute approximate surface area is 157 Å². The molecule has 0 saturated carbocycles. The quantitative estimate of drug-likeness (QED) is 0.752. The van der Waals surface area contributed by atoms with Gasteiger partial charge >= 0.3 is 0 Å². The molecule has 0 spiro atoms. The van der Waals surface area contributed by atoms with Crippen molar-refractivity contribution in [3.63, 3.8) is 0 Å². The molecule has 0 aliphatic carbocycles. The number of nitrogens with zero attached hydrogens (tertiary/aromatic N) is 2. The Morgan fingerprint density at radius 3 is 3.00 bits per heavy atom. The molecule has 1 amide bonds. The fraction of sp³-hybridized carbons (Fsp3) is 0.333. The van der Waals surface area contributed by atoms with E-state index in [4.69, 9.17) is 4.74 Å². The number of carbonyl (C=O) groups is 1. The van der Waals surface area contributed by atoms with E-state index >= 15 is 0 Å². The predicted octanol–water partition coefficient (Wildman–Crippen LogP) is 2.99. The molecule has 0 unspecified atom stereocenters. The molecule has 2 N–H and O–H groups in total. The minimum atomic E-state index is -0.148. The third-order valence-electron chi connectivity index (χ3n) is 5.56. The van der Waals surface area contributed by atoms with Gasteiger partial charge in [0, 0.05) is 23.9 Å². The van der Waals surface area contributed by atoms with E-state index in [0.717, 1.165) is 55.0 Å². The number of nitrogens with one attached hydrogen (secondary N) is 2. The first-order valence-electron chi connectivity index (χ1n) is 9.53. The summed E-state index contributed by atoms with van der Waals surface area (Å²) in [5.74, 6) is 1.24. The summed E-state index contributed by atoms with van der Waals surface area (Å²) in [4.78, 5) is 17.4. The molecule has 6 nitrogen and oxygen atoms in total. The maximum atomic E-state index is 13.0. The summed E-state index contributed by atoms with van der Waals surface area (Å²) in [6, 6.07) is 9.92. The topological polar surface area (TPSA) is 67.7 Å². The van der Waals surface area contributed by atoms with Crippen LogP contribution in [-0.2, 0) is 6.42 Å². The molecule has 0 atom stereocenters. The molecule has 27 heavy (non-hydrogen) atoms. The predicted molar refractivity (Wildman–Crippen MR) is 104 cm³/mol. The highest BCUT2D eigenvalue weighted by molar-refractivity contribution is 6.04. The van der Waals surface area contributed by atoms with Gasteiger partial charge in [0.2, 0.25) is 0 Å². The highest BCUT2D eigenvalue weighted by Gasteiger charge is 2.20. The van der Waals surface area contributed by atoms with E-state index < -0.39 is 0 Å². The van der Waals surface area contributed by atoms with Crippen LogP contribution in [0.15, 0.2) is 42.7 Å². The van der Waals surface area contributed by atoms with Crippen LogP contribution in [-0.4, -0.2) is 35.0 Å². The van der Waals surface area contributed by atoms with E-state index in [0.29, 0.717) is 18.2 Å². The van der Waals surface area contributed by atoms with Crippen LogP contribution >= 0.6 is 0 Å². The van der Waals surface area contributed by atoms with Gasteiger partial charge in [0.15, 0.2) is 0 Å². The van der Waals surface area contributed by atoms with Crippen LogP contribution in [0.25, 0.3) is 5.65 Å². The van der Waals surface area contributed by atoms with Crippen molar-refractivity contribution in [1.29, 1.82) is 0 Å². The van der Waals surface area contributed by atoms with E-state index in [-0.39, 0.29) is 5.91 Å². The van der Waals surface area contributed by atoms with Gasteiger partial charge in [-0.15, -0.1) is 0 Å². The molecule has 138 valence electrons. The van der Waals surface area contributed by atoms with E-state index in [1.807, 2.05) is 28.7 Å². The average Bonchev–Trinajstić information content (AvgIpc) is 3.35. The van der Waals surface area contributed by atoms with E-state index in [1.54, 1.807) is 6.20 Å². The molecule has 1 saturated heterocycles. The SMILES string of the molecule is O=C(Nc1cccc2c1CCO2)c1cnc2ccc(C3CCNCC3)cn12. The maximum Gasteiger partial charge on any atom is 0.274 e. The third kappa shape index (κ3) is 2.96. The first kappa shape index (κ1) is 16.3. The van der Waals surface area contributed by atoms with Gasteiger partial charge in [0.1, 0.15) is 17.1 Å². The lowest BCUT2D eigenvalue weighted by molar-refractivity contribution is 0.102. The van der Waals surface area contributed by atoms with Crippen LogP contribution < -0.4 is 15.4 Å². The van der Waals surface area contributed by atoms with Gasteiger partial charge in [0.05, 0.1) is 12.8 Å². The number of anilines is 1. The van der Waals surface area contributed by atoms with Gasteiger partial charge < -0.3 is 15.4 Å². The zero-order valence-corrected chi connectivity index (χ0v) is 15.1. The number of aromatic nitrogens is 2. The smallest absolute Gasteiger partial charge is 0.274 e. The van der Waals surface area contributed by atoms with Crippen molar-refractivity contribution in [2.45, 2.75) is 25.2 Å². The Hall–Kier alpha value is -2.86. The molecule has 4 heterocycles. The molecule has 1 aromatic carbocycles. The molecular weight excluding hydrogens is 340 g/mol. The van der Waals surface area contributed by atoms with Crippen LogP contribution in [0, 0.1) is 0 Å². The Kier molecular flexibility index (Phi) is 4.05. The summed E-state index contributed by atoms with van der Waals surface area (Å²) in [5.41, 5.74) is 4.50. The highest BCUT2D eigenvalue weighted by atomic mass is 16.5. The average molecular weight is 362 g/mol. The van der Waals surface area contributed by atoms with Crippen molar-refractivity contribution in [1.82, 2.24) is 14.7 Å². The molecule has 0 bridgehead atoms. The monoisotopic (exact) mass is 362 g/mol. The number of imidazole rings is 1. The lowest BCUT2D eigenvalue weighted by Crippen LogP contribution is -2.26. The second-order valence-electron chi connectivity index (χ2n) is 7.19. The molecule has 2 aliphatic rings. The molecule has 0 radical (unpaired) electrons. The summed E-state index contributed by atoms with van der Waals surface area (Å²) >= 11 is 0. The number of ether oxygens (including phenoxy) is 1. The Bertz CT molecular complexity index is 1000. The van der Waals surface area contributed by atoms with Crippen molar-refractivity contribution in [3.05, 3.63) is 59.5 Å². The molecule has 1 fully saturated rings. The number of hydrogen-bond acceptors (Lipinski definition) is 4. The van der Waals surface area contributed by atoms with Crippen LogP contribution in [0.1, 0.15) is 40.4 Å². The number of carbonyl (C=O) groups excluding carboxylic acids is 1. The highest BCUT2D eigenvalue weighted by Crippen LogP contribution is 2.32. The maximum absolute atomic E-state index is 13.0. The fourth-order valence-electron chi connectivity index (χ4n) is 4.09. The molecule has 3 aromatic rings. The van der Waals surface area contributed by atoms with Crippen LogP contribution in [0.5, 0.6) is 5.75 Å². The van der Waals surface area contributed by atoms with Gasteiger partial charge in [-0.1, -0.05) is 12.1 Å². The number of fused-ring (bicyclic) bond motifs is 2. The second kappa shape index (κ2) is 6.70. The number of benzene rings is 1. The Morgan fingerprint density at radius 2 is 2.11 bits per heavy atom. The summed E-state index contributed by atoms with van der Waals surface area (Å²) in [6.07, 6.45) is 6.79. The second-order valence-corrected chi connectivity index (χ2v) is 7.19. The standard InChI is InChI=1S/C21H22N4O2/c26-21(24-17-2-1-3-19-16(17)8-11-27-19)18-12-23-20-5-4-15(13-25(18)20)14-6-9-22-10-7-14/h1-5,12-14,22H,6-11H2,(H,24,26). The molecule has 2 aliphatic heterocycles. The normalized spacial score (nSPS) is 16.9. The molecule has 6 heteroatoms. The summed E-state index contributed by atoms with van der Waals surface area (Å²) < 4.78 is 7.50. The van der Waals surface area contributed by atoms with Crippen molar-refractivity contribution >= 4 is 17.2 Å². The molecule has 5 rings (SSSR count). The van der Waals surface area contributed by atoms with Crippen LogP contribution in [0.2, 0.25) is 0 Å².